The first-order chi connectivity index (χ1) is 12.4. The van der Waals surface area contributed by atoms with Gasteiger partial charge in [-0.05, 0) is 57.5 Å². The predicted molar refractivity (Wildman–Crippen MR) is 104 cm³/mol. The largest absolute Gasteiger partial charge is 0.483 e. The molecule has 2 amide bonds. The summed E-state index contributed by atoms with van der Waals surface area (Å²) in [6.07, 6.45) is 0. The molecule has 2 aromatic carbocycles. The van der Waals surface area contributed by atoms with E-state index in [0.717, 1.165) is 11.1 Å². The fraction of sp³-hybridized carbons (Fsp3) is 0.333. The van der Waals surface area contributed by atoms with E-state index in [4.69, 9.17) is 4.74 Å². The van der Waals surface area contributed by atoms with Crippen LogP contribution in [-0.2, 0) is 4.79 Å². The Bertz CT molecular complexity index is 783. The minimum absolute atomic E-state index is 0.0439. The van der Waals surface area contributed by atoms with Gasteiger partial charge in [0.2, 0.25) is 0 Å². The number of carbonyl (C=O) groups is 2. The van der Waals surface area contributed by atoms with Gasteiger partial charge >= 0.3 is 0 Å². The number of ether oxygens (including phenoxy) is 1. The molecule has 0 fully saturated rings. The fourth-order valence-corrected chi connectivity index (χ4v) is 2.73. The number of nitrogens with zero attached hydrogens (tertiary/aromatic N) is 1. The molecule has 2 rings (SSSR count). The molecule has 1 N–H and O–H groups in total. The van der Waals surface area contributed by atoms with E-state index in [1.807, 2.05) is 45.9 Å². The molecule has 0 saturated carbocycles. The van der Waals surface area contributed by atoms with E-state index in [1.165, 1.54) is 0 Å². The molecule has 0 bridgehead atoms. The Morgan fingerprint density at radius 1 is 1.04 bits per heavy atom. The van der Waals surface area contributed by atoms with E-state index in [2.05, 4.69) is 5.32 Å². The van der Waals surface area contributed by atoms with Crippen molar-refractivity contribution in [2.24, 2.45) is 0 Å². The Morgan fingerprint density at radius 3 is 2.42 bits per heavy atom. The number of rotatable bonds is 7. The zero-order valence-corrected chi connectivity index (χ0v) is 15.8. The molecule has 0 spiro atoms. The first kappa shape index (κ1) is 19.5. The van der Waals surface area contributed by atoms with Gasteiger partial charge in [-0.2, -0.15) is 0 Å². The summed E-state index contributed by atoms with van der Waals surface area (Å²) in [4.78, 5) is 26.3. The highest BCUT2D eigenvalue weighted by Gasteiger charge is 2.13. The van der Waals surface area contributed by atoms with E-state index in [1.54, 1.807) is 29.2 Å². The maximum atomic E-state index is 12.4. The van der Waals surface area contributed by atoms with Crippen LogP contribution in [0.5, 0.6) is 5.75 Å². The summed E-state index contributed by atoms with van der Waals surface area (Å²) in [5.74, 6) is 0.381. The van der Waals surface area contributed by atoms with Crippen LogP contribution in [0.2, 0.25) is 0 Å². The Morgan fingerprint density at radius 2 is 1.77 bits per heavy atom. The van der Waals surface area contributed by atoms with Gasteiger partial charge in [-0.25, -0.2) is 0 Å². The summed E-state index contributed by atoms with van der Waals surface area (Å²) < 4.78 is 5.59. The van der Waals surface area contributed by atoms with Crippen molar-refractivity contribution in [3.63, 3.8) is 0 Å². The van der Waals surface area contributed by atoms with E-state index >= 15 is 0 Å². The van der Waals surface area contributed by atoms with Gasteiger partial charge < -0.3 is 15.0 Å². The summed E-state index contributed by atoms with van der Waals surface area (Å²) in [6.45, 7) is 9.05. The summed E-state index contributed by atoms with van der Waals surface area (Å²) in [5, 5.41) is 2.78. The van der Waals surface area contributed by atoms with Crippen molar-refractivity contribution in [3.05, 3.63) is 59.2 Å². The normalized spacial score (nSPS) is 10.3. The van der Waals surface area contributed by atoms with Crippen LogP contribution in [0.3, 0.4) is 0 Å². The minimum atomic E-state index is -0.266. The van der Waals surface area contributed by atoms with Crippen molar-refractivity contribution >= 4 is 17.5 Å². The SMILES string of the molecule is CCN(CC)C(=O)c1cccc(NC(=O)COc2ccc(C)cc2C)c1. The van der Waals surface area contributed by atoms with Crippen molar-refractivity contribution in [2.75, 3.05) is 25.0 Å². The number of anilines is 1. The Hall–Kier alpha value is -2.82. The lowest BCUT2D eigenvalue weighted by atomic mass is 10.1. The van der Waals surface area contributed by atoms with Crippen LogP contribution in [0.15, 0.2) is 42.5 Å². The number of carbonyl (C=O) groups excluding carboxylic acids is 2. The predicted octanol–water partition coefficient (Wildman–Crippen LogP) is 3.80. The summed E-state index contributed by atoms with van der Waals surface area (Å²) in [6, 6.07) is 12.8. The standard InChI is InChI=1S/C21H26N2O3/c1-5-23(6-2)21(25)17-8-7-9-18(13-17)22-20(24)14-26-19-11-10-15(3)12-16(19)4/h7-13H,5-6,14H2,1-4H3,(H,22,24). The summed E-state index contributed by atoms with van der Waals surface area (Å²) in [7, 11) is 0. The lowest BCUT2D eigenvalue weighted by Crippen LogP contribution is -2.30. The molecular weight excluding hydrogens is 328 g/mol. The van der Waals surface area contributed by atoms with Crippen LogP contribution >= 0.6 is 0 Å². The van der Waals surface area contributed by atoms with Gasteiger partial charge in [-0.1, -0.05) is 23.8 Å². The third-order valence-corrected chi connectivity index (χ3v) is 4.13. The maximum Gasteiger partial charge on any atom is 0.262 e. The number of amides is 2. The third-order valence-electron chi connectivity index (χ3n) is 4.13. The highest BCUT2D eigenvalue weighted by molar-refractivity contribution is 5.97. The molecular formula is C21H26N2O3. The van der Waals surface area contributed by atoms with Gasteiger partial charge in [0.25, 0.3) is 11.8 Å². The van der Waals surface area contributed by atoms with Crippen LogP contribution in [0.4, 0.5) is 5.69 Å². The first-order valence-corrected chi connectivity index (χ1v) is 8.83. The zero-order valence-electron chi connectivity index (χ0n) is 15.8. The highest BCUT2D eigenvalue weighted by atomic mass is 16.5. The second-order valence-electron chi connectivity index (χ2n) is 6.16. The summed E-state index contributed by atoms with van der Waals surface area (Å²) in [5.41, 5.74) is 3.28. The summed E-state index contributed by atoms with van der Waals surface area (Å²) >= 11 is 0. The Balaban J connectivity index is 1.98. The van der Waals surface area contributed by atoms with Crippen molar-refractivity contribution < 1.29 is 14.3 Å². The molecule has 0 unspecified atom stereocenters. The van der Waals surface area contributed by atoms with Crippen LogP contribution in [0.25, 0.3) is 0 Å². The second kappa shape index (κ2) is 9.04. The molecule has 0 atom stereocenters. The Kier molecular flexibility index (Phi) is 6.78. The zero-order chi connectivity index (χ0) is 19.1. The molecule has 138 valence electrons. The van der Waals surface area contributed by atoms with Gasteiger partial charge in [0.15, 0.2) is 6.61 Å². The number of benzene rings is 2. The highest BCUT2D eigenvalue weighted by Crippen LogP contribution is 2.19. The third kappa shape index (κ3) is 5.09. The quantitative estimate of drug-likeness (QED) is 0.823. The van der Waals surface area contributed by atoms with Gasteiger partial charge in [-0.3, -0.25) is 9.59 Å². The van der Waals surface area contributed by atoms with E-state index < -0.39 is 0 Å². The average molecular weight is 354 g/mol. The van der Waals surface area contributed by atoms with Crippen LogP contribution in [-0.4, -0.2) is 36.4 Å². The smallest absolute Gasteiger partial charge is 0.262 e. The molecule has 0 aliphatic carbocycles. The van der Waals surface area contributed by atoms with Gasteiger partial charge in [-0.15, -0.1) is 0 Å². The van der Waals surface area contributed by atoms with Crippen LogP contribution < -0.4 is 10.1 Å². The number of aryl methyl sites for hydroxylation is 2. The molecule has 0 aliphatic heterocycles. The molecule has 5 nitrogen and oxygen atoms in total. The van der Waals surface area contributed by atoms with Gasteiger partial charge in [0.1, 0.15) is 5.75 Å². The van der Waals surface area contributed by atoms with Crippen molar-refractivity contribution in [2.45, 2.75) is 27.7 Å². The second-order valence-corrected chi connectivity index (χ2v) is 6.16. The Labute approximate surface area is 155 Å². The molecule has 0 heterocycles. The molecule has 0 saturated heterocycles. The number of nitrogens with one attached hydrogen (secondary N) is 1. The molecule has 0 radical (unpaired) electrons. The van der Waals surface area contributed by atoms with Crippen molar-refractivity contribution in [3.8, 4) is 5.75 Å². The molecule has 0 aliphatic rings. The fourth-order valence-electron chi connectivity index (χ4n) is 2.73. The van der Waals surface area contributed by atoms with E-state index in [9.17, 15) is 9.59 Å². The lowest BCUT2D eigenvalue weighted by Gasteiger charge is -2.19. The molecule has 26 heavy (non-hydrogen) atoms. The van der Waals surface area contributed by atoms with Gasteiger partial charge in [0, 0.05) is 24.3 Å². The molecule has 0 aromatic heterocycles. The van der Waals surface area contributed by atoms with Gasteiger partial charge in [0.05, 0.1) is 0 Å². The van der Waals surface area contributed by atoms with Crippen molar-refractivity contribution in [1.82, 2.24) is 4.90 Å². The van der Waals surface area contributed by atoms with Crippen LogP contribution in [0, 0.1) is 13.8 Å². The van der Waals surface area contributed by atoms with E-state index in [0.29, 0.717) is 30.1 Å². The first-order valence-electron chi connectivity index (χ1n) is 8.83. The minimum Gasteiger partial charge on any atom is -0.483 e. The average Bonchev–Trinajstić information content (AvgIpc) is 2.62. The van der Waals surface area contributed by atoms with Crippen molar-refractivity contribution in [1.29, 1.82) is 0 Å². The topological polar surface area (TPSA) is 58.6 Å². The number of hydrogen-bond acceptors (Lipinski definition) is 3. The number of hydrogen-bond donors (Lipinski definition) is 1. The monoisotopic (exact) mass is 354 g/mol. The van der Waals surface area contributed by atoms with Crippen LogP contribution in [0.1, 0.15) is 35.3 Å². The molecule has 5 heteroatoms. The molecule has 2 aromatic rings. The maximum absolute atomic E-state index is 12.4. The van der Waals surface area contributed by atoms with E-state index in [-0.39, 0.29) is 18.4 Å². The lowest BCUT2D eigenvalue weighted by molar-refractivity contribution is -0.118.